The minimum absolute atomic E-state index is 0.125. The van der Waals surface area contributed by atoms with E-state index in [1.54, 1.807) is 10.0 Å². The Bertz CT molecular complexity index is 576. The Morgan fingerprint density at radius 1 is 1.00 bits per heavy atom. The van der Waals surface area contributed by atoms with Gasteiger partial charge in [0, 0.05) is 19.0 Å². The standard InChI is InChI=1S/C17H20N2O2/c20-15(13-7-8-13)18-11-4-12-19(18)16(21)17(9-10-17)14-5-2-1-3-6-14/h1-3,5-6,13H,4,7-12H2. The van der Waals surface area contributed by atoms with Gasteiger partial charge in [0.05, 0.1) is 5.41 Å². The molecule has 0 aromatic heterocycles. The maximum absolute atomic E-state index is 13.0. The fourth-order valence-electron chi connectivity index (χ4n) is 3.35. The summed E-state index contributed by atoms with van der Waals surface area (Å²) in [5, 5.41) is 3.46. The molecule has 1 aliphatic heterocycles. The van der Waals surface area contributed by atoms with Gasteiger partial charge in [-0.15, -0.1) is 0 Å². The summed E-state index contributed by atoms with van der Waals surface area (Å²) in [6.45, 7) is 1.39. The molecule has 1 aromatic carbocycles. The second-order valence-corrected chi connectivity index (χ2v) is 6.47. The summed E-state index contributed by atoms with van der Waals surface area (Å²) in [4.78, 5) is 25.4. The largest absolute Gasteiger partial charge is 0.273 e. The van der Waals surface area contributed by atoms with Crippen LogP contribution in [0, 0.1) is 5.92 Å². The number of carbonyl (C=O) groups is 2. The van der Waals surface area contributed by atoms with Crippen LogP contribution in [0.15, 0.2) is 30.3 Å². The van der Waals surface area contributed by atoms with E-state index in [1.807, 2.05) is 30.3 Å². The SMILES string of the molecule is O=C(C1CC1)N1CCCN1C(=O)C1(c2ccccc2)CC1. The third kappa shape index (κ3) is 2.04. The number of nitrogens with zero attached hydrogens (tertiary/aromatic N) is 2. The van der Waals surface area contributed by atoms with Crippen molar-refractivity contribution in [1.82, 2.24) is 10.0 Å². The van der Waals surface area contributed by atoms with E-state index >= 15 is 0 Å². The quantitative estimate of drug-likeness (QED) is 0.853. The van der Waals surface area contributed by atoms with Gasteiger partial charge in [0.1, 0.15) is 0 Å². The van der Waals surface area contributed by atoms with E-state index in [-0.39, 0.29) is 23.1 Å². The molecule has 1 saturated heterocycles. The summed E-state index contributed by atoms with van der Waals surface area (Å²) >= 11 is 0. The van der Waals surface area contributed by atoms with E-state index in [4.69, 9.17) is 0 Å². The second-order valence-electron chi connectivity index (χ2n) is 6.47. The molecule has 21 heavy (non-hydrogen) atoms. The first-order valence-corrected chi connectivity index (χ1v) is 7.91. The maximum atomic E-state index is 13.0. The predicted octanol–water partition coefficient (Wildman–Crippen LogP) is 2.10. The number of amides is 2. The van der Waals surface area contributed by atoms with E-state index in [9.17, 15) is 9.59 Å². The van der Waals surface area contributed by atoms with Crippen LogP contribution in [0.1, 0.15) is 37.7 Å². The zero-order valence-corrected chi connectivity index (χ0v) is 12.1. The summed E-state index contributed by atoms with van der Waals surface area (Å²) in [6, 6.07) is 10.0. The molecule has 4 nitrogen and oxygen atoms in total. The van der Waals surface area contributed by atoms with Crippen molar-refractivity contribution in [3.63, 3.8) is 0 Å². The minimum Gasteiger partial charge on any atom is -0.273 e. The van der Waals surface area contributed by atoms with Crippen molar-refractivity contribution in [2.75, 3.05) is 13.1 Å². The highest BCUT2D eigenvalue weighted by Crippen LogP contribution is 2.50. The van der Waals surface area contributed by atoms with E-state index in [1.165, 1.54) is 0 Å². The highest BCUT2D eigenvalue weighted by molar-refractivity contribution is 5.93. The fraction of sp³-hybridized carbons (Fsp3) is 0.529. The Morgan fingerprint density at radius 2 is 1.67 bits per heavy atom. The molecule has 0 N–H and O–H groups in total. The van der Waals surface area contributed by atoms with Crippen LogP contribution >= 0.6 is 0 Å². The lowest BCUT2D eigenvalue weighted by atomic mass is 9.95. The molecule has 0 radical (unpaired) electrons. The summed E-state index contributed by atoms with van der Waals surface area (Å²) in [7, 11) is 0. The molecule has 0 atom stereocenters. The number of hydrogen-bond acceptors (Lipinski definition) is 2. The zero-order valence-electron chi connectivity index (χ0n) is 12.1. The van der Waals surface area contributed by atoms with Gasteiger partial charge in [-0.2, -0.15) is 0 Å². The Labute approximate surface area is 124 Å². The molecule has 4 heteroatoms. The molecular formula is C17H20N2O2. The fourth-order valence-corrected chi connectivity index (χ4v) is 3.35. The molecule has 2 amide bonds. The maximum Gasteiger partial charge on any atom is 0.251 e. The first-order valence-electron chi connectivity index (χ1n) is 7.91. The van der Waals surface area contributed by atoms with Crippen LogP contribution in [0.3, 0.4) is 0 Å². The zero-order chi connectivity index (χ0) is 14.4. The molecule has 3 fully saturated rings. The lowest BCUT2D eigenvalue weighted by Gasteiger charge is -2.31. The molecule has 1 heterocycles. The van der Waals surface area contributed by atoms with Crippen LogP contribution in [-0.2, 0) is 15.0 Å². The van der Waals surface area contributed by atoms with Crippen molar-refractivity contribution in [3.05, 3.63) is 35.9 Å². The minimum atomic E-state index is -0.367. The number of hydrogen-bond donors (Lipinski definition) is 0. The van der Waals surface area contributed by atoms with Gasteiger partial charge in [-0.25, -0.2) is 0 Å². The molecule has 4 rings (SSSR count). The van der Waals surface area contributed by atoms with Crippen molar-refractivity contribution in [2.45, 2.75) is 37.5 Å². The Balaban J connectivity index is 1.58. The monoisotopic (exact) mass is 284 g/mol. The van der Waals surface area contributed by atoms with Gasteiger partial charge in [-0.1, -0.05) is 30.3 Å². The van der Waals surface area contributed by atoms with Crippen LogP contribution in [0.4, 0.5) is 0 Å². The Morgan fingerprint density at radius 3 is 2.29 bits per heavy atom. The predicted molar refractivity (Wildman–Crippen MR) is 78.1 cm³/mol. The molecule has 110 valence electrons. The smallest absolute Gasteiger partial charge is 0.251 e. The summed E-state index contributed by atoms with van der Waals surface area (Å²) in [6.07, 6.45) is 4.67. The van der Waals surface area contributed by atoms with Gasteiger partial charge in [-0.05, 0) is 37.7 Å². The average molecular weight is 284 g/mol. The Kier molecular flexibility index (Phi) is 2.81. The average Bonchev–Trinajstić information content (AvgIpc) is 3.43. The van der Waals surface area contributed by atoms with Gasteiger partial charge < -0.3 is 0 Å². The second kappa shape index (κ2) is 4.58. The van der Waals surface area contributed by atoms with Gasteiger partial charge in [0.15, 0.2) is 0 Å². The highest BCUT2D eigenvalue weighted by atomic mass is 16.2. The molecule has 0 spiro atoms. The first kappa shape index (κ1) is 12.9. The van der Waals surface area contributed by atoms with Crippen molar-refractivity contribution < 1.29 is 9.59 Å². The van der Waals surface area contributed by atoms with Crippen molar-refractivity contribution >= 4 is 11.8 Å². The third-order valence-corrected chi connectivity index (χ3v) is 4.93. The molecular weight excluding hydrogens is 264 g/mol. The molecule has 2 saturated carbocycles. The molecule has 1 aromatic rings. The van der Waals surface area contributed by atoms with Gasteiger partial charge >= 0.3 is 0 Å². The lowest BCUT2D eigenvalue weighted by molar-refractivity contribution is -0.160. The number of carbonyl (C=O) groups excluding carboxylic acids is 2. The molecule has 2 aliphatic carbocycles. The summed E-state index contributed by atoms with van der Waals surface area (Å²) in [5.41, 5.74) is 0.731. The summed E-state index contributed by atoms with van der Waals surface area (Å²) < 4.78 is 0. The Hall–Kier alpha value is -1.84. The molecule has 0 bridgehead atoms. The van der Waals surface area contributed by atoms with Crippen molar-refractivity contribution in [1.29, 1.82) is 0 Å². The van der Waals surface area contributed by atoms with Crippen LogP contribution in [0.25, 0.3) is 0 Å². The first-order chi connectivity index (χ1) is 10.2. The summed E-state index contributed by atoms with van der Waals surface area (Å²) in [5.74, 6) is 0.454. The van der Waals surface area contributed by atoms with E-state index in [2.05, 4.69) is 0 Å². The lowest BCUT2D eigenvalue weighted by Crippen LogP contribution is -2.49. The van der Waals surface area contributed by atoms with E-state index in [0.717, 1.165) is 37.7 Å². The van der Waals surface area contributed by atoms with Crippen molar-refractivity contribution in [2.24, 2.45) is 5.92 Å². The van der Waals surface area contributed by atoms with E-state index < -0.39 is 0 Å². The molecule has 0 unspecified atom stereocenters. The van der Waals surface area contributed by atoms with Crippen molar-refractivity contribution in [3.8, 4) is 0 Å². The van der Waals surface area contributed by atoms with Crippen LogP contribution in [-0.4, -0.2) is 34.9 Å². The normalized spacial score (nSPS) is 23.2. The van der Waals surface area contributed by atoms with Crippen LogP contribution in [0.2, 0.25) is 0 Å². The highest BCUT2D eigenvalue weighted by Gasteiger charge is 2.55. The van der Waals surface area contributed by atoms with Gasteiger partial charge in [-0.3, -0.25) is 19.6 Å². The van der Waals surface area contributed by atoms with Crippen LogP contribution in [0.5, 0.6) is 0 Å². The molecule has 3 aliphatic rings. The third-order valence-electron chi connectivity index (χ3n) is 4.93. The van der Waals surface area contributed by atoms with Gasteiger partial charge in [0.2, 0.25) is 5.91 Å². The number of benzene rings is 1. The number of rotatable bonds is 3. The number of hydrazine groups is 1. The topological polar surface area (TPSA) is 40.6 Å². The van der Waals surface area contributed by atoms with Gasteiger partial charge in [0.25, 0.3) is 5.91 Å². The van der Waals surface area contributed by atoms with Crippen LogP contribution < -0.4 is 0 Å². The van der Waals surface area contributed by atoms with E-state index in [0.29, 0.717) is 13.1 Å².